The lowest BCUT2D eigenvalue weighted by atomic mass is 10.0. The minimum absolute atomic E-state index is 0.0736. The van der Waals surface area contributed by atoms with Gasteiger partial charge in [0, 0.05) is 37.8 Å². The third-order valence-electron chi connectivity index (χ3n) is 3.26. The van der Waals surface area contributed by atoms with Gasteiger partial charge in [-0.15, -0.1) is 0 Å². The predicted molar refractivity (Wildman–Crippen MR) is 75.8 cm³/mol. The number of ketones is 1. The number of Topliss-reactive ketones (excluding diaryl/α,β-unsaturated/α-hetero) is 1. The zero-order chi connectivity index (χ0) is 14.7. The summed E-state index contributed by atoms with van der Waals surface area (Å²) in [5, 5.41) is 0. The lowest BCUT2D eigenvalue weighted by Crippen LogP contribution is -2.13. The van der Waals surface area contributed by atoms with Gasteiger partial charge >= 0.3 is 5.97 Å². The predicted octanol–water partition coefficient (Wildman–Crippen LogP) is 2.16. The van der Waals surface area contributed by atoms with Crippen LogP contribution >= 0.6 is 0 Å². The molecule has 1 aromatic rings. The van der Waals surface area contributed by atoms with Gasteiger partial charge in [-0.25, -0.2) is 4.79 Å². The number of ether oxygens (including phenoxy) is 1. The molecule has 0 fully saturated rings. The van der Waals surface area contributed by atoms with Gasteiger partial charge in [-0.05, 0) is 26.2 Å². The van der Waals surface area contributed by atoms with Crippen LogP contribution in [0.4, 0.5) is 0 Å². The molecule has 0 aromatic carbocycles. The summed E-state index contributed by atoms with van der Waals surface area (Å²) in [6.07, 6.45) is 5.80. The topological polar surface area (TPSA) is 62.4 Å². The first-order valence-electron chi connectivity index (χ1n) is 6.83. The van der Waals surface area contributed by atoms with Gasteiger partial charge in [0.2, 0.25) is 0 Å². The Hall–Kier alpha value is -2.04. The average Bonchev–Trinajstić information content (AvgIpc) is 2.74. The second-order valence-corrected chi connectivity index (χ2v) is 5.08. The number of carbonyl (C=O) groups excluding carboxylic acids is 2. The summed E-state index contributed by atoms with van der Waals surface area (Å²) in [6.45, 7) is 2.05. The number of aromatic amines is 1. The van der Waals surface area contributed by atoms with Crippen molar-refractivity contribution in [2.24, 2.45) is 0 Å². The van der Waals surface area contributed by atoms with Gasteiger partial charge in [-0.3, -0.25) is 4.79 Å². The van der Waals surface area contributed by atoms with E-state index in [1.54, 1.807) is 13.1 Å². The Morgan fingerprint density at radius 1 is 1.45 bits per heavy atom. The molecule has 0 bridgehead atoms. The fraction of sp³-hybridized carbons (Fsp3) is 0.467. The normalized spacial score (nSPS) is 16.8. The SMILES string of the molecule is CCOC(=O)c1c[nH]c2c1C(=O)C(=CN(C)C)CCC2. The molecule has 1 aliphatic carbocycles. The van der Waals surface area contributed by atoms with Crippen LogP contribution in [0.2, 0.25) is 0 Å². The molecule has 0 radical (unpaired) electrons. The van der Waals surface area contributed by atoms with Crippen LogP contribution in [0.15, 0.2) is 18.0 Å². The molecule has 20 heavy (non-hydrogen) atoms. The summed E-state index contributed by atoms with van der Waals surface area (Å²) in [7, 11) is 3.77. The van der Waals surface area contributed by atoms with Crippen molar-refractivity contribution in [3.8, 4) is 0 Å². The van der Waals surface area contributed by atoms with E-state index in [4.69, 9.17) is 4.74 Å². The molecule has 1 N–H and O–H groups in total. The molecular weight excluding hydrogens is 256 g/mol. The molecule has 0 saturated carbocycles. The number of H-pyrrole nitrogens is 1. The van der Waals surface area contributed by atoms with E-state index in [1.807, 2.05) is 25.2 Å². The van der Waals surface area contributed by atoms with Crippen molar-refractivity contribution < 1.29 is 14.3 Å². The molecule has 0 aliphatic heterocycles. The van der Waals surface area contributed by atoms with Crippen molar-refractivity contribution in [1.29, 1.82) is 0 Å². The second-order valence-electron chi connectivity index (χ2n) is 5.08. The number of aryl methyl sites for hydroxylation is 1. The van der Waals surface area contributed by atoms with E-state index in [9.17, 15) is 9.59 Å². The maximum atomic E-state index is 12.6. The Morgan fingerprint density at radius 2 is 2.20 bits per heavy atom. The van der Waals surface area contributed by atoms with Crippen LogP contribution in [0.3, 0.4) is 0 Å². The lowest BCUT2D eigenvalue weighted by molar-refractivity contribution is 0.0524. The van der Waals surface area contributed by atoms with Crippen LogP contribution in [0, 0.1) is 0 Å². The highest BCUT2D eigenvalue weighted by Gasteiger charge is 2.28. The first-order chi connectivity index (χ1) is 9.54. The van der Waals surface area contributed by atoms with Gasteiger partial charge in [0.15, 0.2) is 5.78 Å². The summed E-state index contributed by atoms with van der Waals surface area (Å²) in [5.74, 6) is -0.514. The van der Waals surface area contributed by atoms with Gasteiger partial charge in [0.25, 0.3) is 0 Å². The van der Waals surface area contributed by atoms with E-state index in [0.717, 1.165) is 30.5 Å². The maximum absolute atomic E-state index is 12.6. The van der Waals surface area contributed by atoms with Gasteiger partial charge < -0.3 is 14.6 Å². The van der Waals surface area contributed by atoms with E-state index < -0.39 is 5.97 Å². The van der Waals surface area contributed by atoms with Crippen molar-refractivity contribution in [3.05, 3.63) is 34.8 Å². The van der Waals surface area contributed by atoms with Crippen LogP contribution < -0.4 is 0 Å². The summed E-state index contributed by atoms with van der Waals surface area (Å²) in [5.41, 5.74) is 2.39. The summed E-state index contributed by atoms with van der Waals surface area (Å²) in [4.78, 5) is 29.5. The number of nitrogens with zero attached hydrogens (tertiary/aromatic N) is 1. The largest absolute Gasteiger partial charge is 0.462 e. The van der Waals surface area contributed by atoms with Gasteiger partial charge in [-0.2, -0.15) is 0 Å². The monoisotopic (exact) mass is 276 g/mol. The highest BCUT2D eigenvalue weighted by Crippen LogP contribution is 2.27. The Bertz CT molecular complexity index is 555. The molecule has 1 heterocycles. The molecule has 1 aromatic heterocycles. The Labute approximate surface area is 118 Å². The van der Waals surface area contributed by atoms with Crippen LogP contribution in [-0.4, -0.2) is 42.3 Å². The fourth-order valence-electron chi connectivity index (χ4n) is 2.46. The van der Waals surface area contributed by atoms with E-state index in [2.05, 4.69) is 4.98 Å². The molecule has 5 nitrogen and oxygen atoms in total. The molecule has 0 spiro atoms. The Kier molecular flexibility index (Phi) is 4.27. The average molecular weight is 276 g/mol. The standard InChI is InChI=1S/C15H20N2O3/c1-4-20-15(19)11-8-16-12-7-5-6-10(9-17(2)3)14(18)13(11)12/h8-9,16H,4-7H2,1-3H3. The number of hydrogen-bond donors (Lipinski definition) is 1. The molecule has 0 saturated heterocycles. The zero-order valence-corrected chi connectivity index (χ0v) is 12.2. The van der Waals surface area contributed by atoms with E-state index in [-0.39, 0.29) is 5.78 Å². The lowest BCUT2D eigenvalue weighted by Gasteiger charge is -2.10. The van der Waals surface area contributed by atoms with Crippen molar-refractivity contribution >= 4 is 11.8 Å². The first-order valence-corrected chi connectivity index (χ1v) is 6.83. The number of fused-ring (bicyclic) bond motifs is 1. The number of aromatic nitrogens is 1. The third-order valence-corrected chi connectivity index (χ3v) is 3.26. The minimum Gasteiger partial charge on any atom is -0.462 e. The highest BCUT2D eigenvalue weighted by atomic mass is 16.5. The third kappa shape index (κ3) is 2.76. The molecule has 0 unspecified atom stereocenters. The molecule has 2 rings (SSSR count). The Balaban J connectivity index is 2.43. The van der Waals surface area contributed by atoms with E-state index in [0.29, 0.717) is 17.7 Å². The number of esters is 1. The van der Waals surface area contributed by atoms with Crippen LogP contribution in [-0.2, 0) is 11.2 Å². The van der Waals surface area contributed by atoms with Crippen molar-refractivity contribution in [1.82, 2.24) is 9.88 Å². The minimum atomic E-state index is -0.440. The number of rotatable bonds is 3. The number of nitrogens with one attached hydrogen (secondary N) is 1. The van der Waals surface area contributed by atoms with Crippen molar-refractivity contribution in [2.45, 2.75) is 26.2 Å². The van der Waals surface area contributed by atoms with E-state index >= 15 is 0 Å². The van der Waals surface area contributed by atoms with Crippen molar-refractivity contribution in [3.63, 3.8) is 0 Å². The fourth-order valence-corrected chi connectivity index (χ4v) is 2.46. The maximum Gasteiger partial charge on any atom is 0.340 e. The van der Waals surface area contributed by atoms with E-state index in [1.165, 1.54) is 0 Å². The van der Waals surface area contributed by atoms with Crippen LogP contribution in [0.25, 0.3) is 0 Å². The quantitative estimate of drug-likeness (QED) is 0.522. The zero-order valence-electron chi connectivity index (χ0n) is 12.2. The van der Waals surface area contributed by atoms with Gasteiger partial charge in [0.1, 0.15) is 0 Å². The van der Waals surface area contributed by atoms with Crippen LogP contribution in [0.1, 0.15) is 46.2 Å². The molecule has 0 amide bonds. The molecule has 0 atom stereocenters. The number of carbonyl (C=O) groups is 2. The molecule has 5 heteroatoms. The first kappa shape index (κ1) is 14.4. The smallest absolute Gasteiger partial charge is 0.340 e. The van der Waals surface area contributed by atoms with Gasteiger partial charge in [-0.1, -0.05) is 0 Å². The number of allylic oxidation sites excluding steroid dienone is 1. The molecule has 1 aliphatic rings. The van der Waals surface area contributed by atoms with Crippen LogP contribution in [0.5, 0.6) is 0 Å². The highest BCUT2D eigenvalue weighted by molar-refractivity contribution is 6.15. The Morgan fingerprint density at radius 3 is 2.85 bits per heavy atom. The second kappa shape index (κ2) is 5.94. The van der Waals surface area contributed by atoms with Crippen molar-refractivity contribution in [2.75, 3.05) is 20.7 Å². The molecular formula is C15H20N2O3. The summed E-state index contributed by atoms with van der Waals surface area (Å²) < 4.78 is 5.02. The number of hydrogen-bond acceptors (Lipinski definition) is 4. The summed E-state index contributed by atoms with van der Waals surface area (Å²) in [6, 6.07) is 0. The van der Waals surface area contributed by atoms with Gasteiger partial charge in [0.05, 0.1) is 17.7 Å². The summed E-state index contributed by atoms with van der Waals surface area (Å²) >= 11 is 0. The molecule has 108 valence electrons.